The summed E-state index contributed by atoms with van der Waals surface area (Å²) >= 11 is 0. The molecule has 3 aromatic rings. The number of imidazole rings is 1. The SMILES string of the molecule is O=C(NS(=O)(=O)C1CC1)C1CCC(OC2CCN(c3ccc(-c4nc5cc(F)ccc5[nH]4)cn3)CC2)CC1. The van der Waals surface area contributed by atoms with E-state index in [-0.39, 0.29) is 35.1 Å². The van der Waals surface area contributed by atoms with Gasteiger partial charge in [-0.3, -0.25) is 9.52 Å². The molecule has 0 radical (unpaired) electrons. The van der Waals surface area contributed by atoms with Gasteiger partial charge < -0.3 is 14.6 Å². The number of aromatic amines is 1. The molecule has 3 aliphatic rings. The molecular formula is C27H32FN5O4S. The van der Waals surface area contributed by atoms with Crippen molar-refractivity contribution in [3.8, 4) is 11.4 Å². The van der Waals surface area contributed by atoms with E-state index in [4.69, 9.17) is 4.74 Å². The van der Waals surface area contributed by atoms with Gasteiger partial charge in [0.05, 0.1) is 28.5 Å². The molecule has 1 aromatic carbocycles. The van der Waals surface area contributed by atoms with Gasteiger partial charge in [0.15, 0.2) is 0 Å². The number of sulfonamides is 1. The van der Waals surface area contributed by atoms with E-state index in [1.807, 2.05) is 12.1 Å². The minimum absolute atomic E-state index is 0.116. The van der Waals surface area contributed by atoms with Crippen LogP contribution in [0.15, 0.2) is 36.5 Å². The Morgan fingerprint density at radius 2 is 1.74 bits per heavy atom. The average Bonchev–Trinajstić information content (AvgIpc) is 3.70. The predicted octanol–water partition coefficient (Wildman–Crippen LogP) is 3.92. The monoisotopic (exact) mass is 541 g/mol. The number of rotatable bonds is 7. The summed E-state index contributed by atoms with van der Waals surface area (Å²) in [5, 5.41) is -0.381. The number of fused-ring (bicyclic) bond motifs is 1. The summed E-state index contributed by atoms with van der Waals surface area (Å²) in [6, 6.07) is 8.46. The first-order valence-corrected chi connectivity index (χ1v) is 15.0. The predicted molar refractivity (Wildman–Crippen MR) is 141 cm³/mol. The molecule has 202 valence electrons. The Labute approximate surface area is 221 Å². The molecule has 2 aliphatic carbocycles. The summed E-state index contributed by atoms with van der Waals surface area (Å²) < 4.78 is 46.2. The van der Waals surface area contributed by atoms with Crippen LogP contribution in [0.2, 0.25) is 0 Å². The van der Waals surface area contributed by atoms with Crippen LogP contribution in [0.25, 0.3) is 22.4 Å². The average molecular weight is 542 g/mol. The molecule has 6 rings (SSSR count). The van der Waals surface area contributed by atoms with Gasteiger partial charge in [-0.25, -0.2) is 22.8 Å². The number of anilines is 1. The second-order valence-electron chi connectivity index (χ2n) is 10.7. The molecular weight excluding hydrogens is 509 g/mol. The summed E-state index contributed by atoms with van der Waals surface area (Å²) in [5.41, 5.74) is 2.22. The molecule has 0 atom stereocenters. The minimum atomic E-state index is -3.48. The molecule has 0 spiro atoms. The zero-order valence-corrected chi connectivity index (χ0v) is 21.9. The maximum absolute atomic E-state index is 13.5. The van der Waals surface area contributed by atoms with Crippen molar-refractivity contribution in [3.05, 3.63) is 42.3 Å². The molecule has 2 N–H and O–H groups in total. The van der Waals surface area contributed by atoms with Crippen LogP contribution < -0.4 is 9.62 Å². The number of pyridine rings is 1. The van der Waals surface area contributed by atoms with E-state index in [1.54, 1.807) is 12.3 Å². The van der Waals surface area contributed by atoms with Gasteiger partial charge in [-0.05, 0) is 75.6 Å². The van der Waals surface area contributed by atoms with Crippen LogP contribution in [-0.2, 0) is 19.6 Å². The maximum atomic E-state index is 13.5. The third-order valence-corrected chi connectivity index (χ3v) is 9.70. The Bertz CT molecular complexity index is 1410. The lowest BCUT2D eigenvalue weighted by atomic mass is 9.87. The van der Waals surface area contributed by atoms with Crippen molar-refractivity contribution in [1.82, 2.24) is 19.7 Å². The minimum Gasteiger partial charge on any atom is -0.375 e. The highest BCUT2D eigenvalue weighted by Gasteiger charge is 2.38. The molecule has 1 amide bonds. The van der Waals surface area contributed by atoms with Gasteiger partial charge in [0.2, 0.25) is 15.9 Å². The Morgan fingerprint density at radius 1 is 1.00 bits per heavy atom. The fraction of sp³-hybridized carbons (Fsp3) is 0.519. The number of nitrogens with one attached hydrogen (secondary N) is 2. The van der Waals surface area contributed by atoms with Gasteiger partial charge in [0.1, 0.15) is 17.5 Å². The molecule has 2 saturated carbocycles. The number of carbonyl (C=O) groups excluding carboxylic acids is 1. The molecule has 3 heterocycles. The van der Waals surface area contributed by atoms with E-state index < -0.39 is 10.0 Å². The van der Waals surface area contributed by atoms with Crippen LogP contribution in [0.4, 0.5) is 10.2 Å². The molecule has 1 aliphatic heterocycles. The van der Waals surface area contributed by atoms with Crippen LogP contribution in [0.3, 0.4) is 0 Å². The fourth-order valence-corrected chi connectivity index (χ4v) is 6.84. The number of amides is 1. The number of hydrogen-bond donors (Lipinski definition) is 2. The van der Waals surface area contributed by atoms with E-state index >= 15 is 0 Å². The first-order chi connectivity index (χ1) is 18.3. The van der Waals surface area contributed by atoms with E-state index in [9.17, 15) is 17.6 Å². The van der Waals surface area contributed by atoms with Crippen LogP contribution in [-0.4, -0.2) is 59.8 Å². The summed E-state index contributed by atoms with van der Waals surface area (Å²) in [4.78, 5) is 27.0. The van der Waals surface area contributed by atoms with E-state index in [0.717, 1.165) is 55.7 Å². The van der Waals surface area contributed by atoms with Gasteiger partial charge in [-0.1, -0.05) is 0 Å². The molecule has 2 aromatic heterocycles. The van der Waals surface area contributed by atoms with Crippen molar-refractivity contribution >= 4 is 32.8 Å². The normalized spacial score (nSPS) is 23.0. The molecule has 3 fully saturated rings. The zero-order chi connectivity index (χ0) is 26.3. The highest BCUT2D eigenvalue weighted by Crippen LogP contribution is 2.32. The van der Waals surface area contributed by atoms with Crippen LogP contribution in [0.5, 0.6) is 0 Å². The molecule has 0 unspecified atom stereocenters. The number of aromatic nitrogens is 3. The molecule has 1 saturated heterocycles. The number of nitrogens with zero attached hydrogens (tertiary/aromatic N) is 3. The third-order valence-electron chi connectivity index (χ3n) is 7.87. The quantitative estimate of drug-likeness (QED) is 0.466. The first-order valence-electron chi connectivity index (χ1n) is 13.4. The summed E-state index contributed by atoms with van der Waals surface area (Å²) in [5.74, 6) is 0.653. The maximum Gasteiger partial charge on any atom is 0.237 e. The van der Waals surface area contributed by atoms with Gasteiger partial charge in [-0.15, -0.1) is 0 Å². The Balaban J connectivity index is 0.964. The summed E-state index contributed by atoms with van der Waals surface area (Å²) in [6.45, 7) is 1.69. The molecule has 9 nitrogen and oxygen atoms in total. The number of ether oxygens (including phenoxy) is 1. The van der Waals surface area contributed by atoms with Crippen molar-refractivity contribution in [1.29, 1.82) is 0 Å². The third kappa shape index (κ3) is 5.54. The lowest BCUT2D eigenvalue weighted by Gasteiger charge is -2.36. The van der Waals surface area contributed by atoms with E-state index in [0.29, 0.717) is 37.0 Å². The second kappa shape index (κ2) is 10.3. The smallest absolute Gasteiger partial charge is 0.237 e. The number of H-pyrrole nitrogens is 1. The number of piperidine rings is 1. The topological polar surface area (TPSA) is 117 Å². The zero-order valence-electron chi connectivity index (χ0n) is 21.1. The molecule has 11 heteroatoms. The molecule has 0 bridgehead atoms. The Morgan fingerprint density at radius 3 is 2.42 bits per heavy atom. The first kappa shape index (κ1) is 25.2. The van der Waals surface area contributed by atoms with Gasteiger partial charge >= 0.3 is 0 Å². The van der Waals surface area contributed by atoms with Crippen LogP contribution in [0.1, 0.15) is 51.4 Å². The Hall–Kier alpha value is -3.05. The van der Waals surface area contributed by atoms with Crippen molar-refractivity contribution < 1.29 is 22.3 Å². The Kier molecular flexibility index (Phi) is 6.81. The summed E-state index contributed by atoms with van der Waals surface area (Å²) in [6.07, 6.45) is 8.05. The van der Waals surface area contributed by atoms with Gasteiger partial charge in [0.25, 0.3) is 0 Å². The fourth-order valence-electron chi connectivity index (χ4n) is 5.47. The highest BCUT2D eigenvalue weighted by molar-refractivity contribution is 7.90. The van der Waals surface area contributed by atoms with E-state index in [1.165, 1.54) is 12.1 Å². The standard InChI is InChI=1S/C27H32FN5O4S/c28-19-4-9-23-24(15-19)31-26(30-23)18-3-10-25(29-16-18)33-13-11-21(12-14-33)37-20-5-1-17(2-6-20)27(34)32-38(35,36)22-7-8-22/h3-4,9-10,15-17,20-22H,1-2,5-8,11-14H2,(H,30,31)(H,32,34). The van der Waals surface area contributed by atoms with Crippen molar-refractivity contribution in [2.45, 2.75) is 68.8 Å². The number of hydrogen-bond acceptors (Lipinski definition) is 7. The van der Waals surface area contributed by atoms with Crippen LogP contribution >= 0.6 is 0 Å². The largest absolute Gasteiger partial charge is 0.375 e. The van der Waals surface area contributed by atoms with Gasteiger partial charge in [0, 0.05) is 36.8 Å². The number of benzene rings is 1. The van der Waals surface area contributed by atoms with Crippen molar-refractivity contribution in [2.24, 2.45) is 5.92 Å². The van der Waals surface area contributed by atoms with E-state index in [2.05, 4.69) is 24.6 Å². The second-order valence-corrected chi connectivity index (χ2v) is 12.6. The summed E-state index contributed by atoms with van der Waals surface area (Å²) in [7, 11) is -3.48. The molecule has 38 heavy (non-hydrogen) atoms. The number of halogens is 1. The highest BCUT2D eigenvalue weighted by atomic mass is 32.2. The van der Waals surface area contributed by atoms with Gasteiger partial charge in [-0.2, -0.15) is 0 Å². The number of carbonyl (C=O) groups is 1. The lowest BCUT2D eigenvalue weighted by molar-refractivity contribution is -0.125. The van der Waals surface area contributed by atoms with Crippen molar-refractivity contribution in [2.75, 3.05) is 18.0 Å². The van der Waals surface area contributed by atoms with Crippen LogP contribution in [0, 0.1) is 11.7 Å². The van der Waals surface area contributed by atoms with Crippen molar-refractivity contribution in [3.63, 3.8) is 0 Å². The lowest BCUT2D eigenvalue weighted by Crippen LogP contribution is -2.41.